The van der Waals surface area contributed by atoms with Gasteiger partial charge in [-0.3, -0.25) is 0 Å². The first-order valence-corrected chi connectivity index (χ1v) is 3.92. The van der Waals surface area contributed by atoms with Crippen LogP contribution in [0.15, 0.2) is 18.2 Å². The Balaban J connectivity index is 3.22. The largest absolute Gasteiger partial charge is 0.416 e. The van der Waals surface area contributed by atoms with Gasteiger partial charge in [-0.1, -0.05) is 0 Å². The number of benzene rings is 1. The van der Waals surface area contributed by atoms with E-state index in [-0.39, 0.29) is 12.1 Å². The van der Waals surface area contributed by atoms with Crippen LogP contribution in [0.3, 0.4) is 0 Å². The summed E-state index contributed by atoms with van der Waals surface area (Å²) in [4.78, 5) is 3.02. The first-order valence-electron chi connectivity index (χ1n) is 3.92. The van der Waals surface area contributed by atoms with Crippen LogP contribution >= 0.6 is 0 Å². The summed E-state index contributed by atoms with van der Waals surface area (Å²) in [6.45, 7) is 6.50. The van der Waals surface area contributed by atoms with Crippen molar-refractivity contribution in [1.29, 1.82) is 5.26 Å². The third-order valence-corrected chi connectivity index (χ3v) is 1.81. The highest BCUT2D eigenvalue weighted by atomic mass is 19.4. The smallest absolute Gasteiger partial charge is 0.312 e. The maximum atomic E-state index is 12.3. The zero-order chi connectivity index (χ0) is 11.5. The van der Waals surface area contributed by atoms with Crippen molar-refractivity contribution in [3.8, 4) is 6.07 Å². The van der Waals surface area contributed by atoms with Crippen LogP contribution in [0, 0.1) is 17.9 Å². The molecule has 0 saturated carbocycles. The Hall–Kier alpha value is -2.01. The van der Waals surface area contributed by atoms with E-state index in [0.717, 1.165) is 12.1 Å². The van der Waals surface area contributed by atoms with Gasteiger partial charge in [-0.15, -0.1) is 0 Å². The van der Waals surface area contributed by atoms with Gasteiger partial charge in [0.1, 0.15) is 0 Å². The highest BCUT2D eigenvalue weighted by molar-refractivity contribution is 5.42. The van der Waals surface area contributed by atoms with Crippen molar-refractivity contribution in [3.05, 3.63) is 46.3 Å². The van der Waals surface area contributed by atoms with Crippen LogP contribution in [0.25, 0.3) is 4.85 Å². The zero-order valence-corrected chi connectivity index (χ0v) is 7.47. The van der Waals surface area contributed by atoms with Crippen LogP contribution < -0.4 is 0 Å². The van der Waals surface area contributed by atoms with Crippen molar-refractivity contribution in [3.63, 3.8) is 0 Å². The predicted molar refractivity (Wildman–Crippen MR) is 46.5 cm³/mol. The molecule has 2 nitrogen and oxygen atoms in total. The molecule has 0 aliphatic carbocycles. The predicted octanol–water partition coefficient (Wildman–Crippen LogP) is 3.00. The van der Waals surface area contributed by atoms with Crippen molar-refractivity contribution in [1.82, 2.24) is 0 Å². The molecule has 1 aromatic carbocycles. The lowest BCUT2D eigenvalue weighted by Gasteiger charge is -2.07. The fourth-order valence-electron chi connectivity index (χ4n) is 1.08. The highest BCUT2D eigenvalue weighted by Crippen LogP contribution is 2.30. The van der Waals surface area contributed by atoms with E-state index in [0.29, 0.717) is 5.56 Å². The van der Waals surface area contributed by atoms with E-state index in [4.69, 9.17) is 11.8 Å². The number of alkyl halides is 3. The van der Waals surface area contributed by atoms with Crippen molar-refractivity contribution in [2.45, 2.75) is 12.7 Å². The Morgan fingerprint density at radius 3 is 2.53 bits per heavy atom. The fraction of sp³-hybridized carbons (Fsp3) is 0.200. The SMILES string of the molecule is [C-]#[N+]Cc1ccc(C(F)(F)F)cc1C#N. The van der Waals surface area contributed by atoms with Crippen molar-refractivity contribution in [2.24, 2.45) is 0 Å². The van der Waals surface area contributed by atoms with Gasteiger partial charge in [0.25, 0.3) is 0 Å². The summed E-state index contributed by atoms with van der Waals surface area (Å²) in [7, 11) is 0. The Morgan fingerprint density at radius 1 is 1.40 bits per heavy atom. The Kier molecular flexibility index (Phi) is 2.96. The maximum Gasteiger partial charge on any atom is 0.416 e. The van der Waals surface area contributed by atoms with Gasteiger partial charge in [-0.2, -0.15) is 18.4 Å². The lowest BCUT2D eigenvalue weighted by Crippen LogP contribution is -2.05. The standard InChI is InChI=1S/C10H5F3N2/c1-15-6-7-2-3-9(10(11,12)13)4-8(7)5-14/h2-4H,6H2. The molecule has 5 heteroatoms. The Labute approximate surface area is 84.4 Å². The number of nitrogens with zero attached hydrogens (tertiary/aromatic N) is 2. The molecule has 0 aromatic heterocycles. The molecule has 0 atom stereocenters. The van der Waals surface area contributed by atoms with E-state index in [1.807, 2.05) is 0 Å². The summed E-state index contributed by atoms with van der Waals surface area (Å²) in [6, 6.07) is 4.46. The minimum atomic E-state index is -4.46. The molecule has 1 aromatic rings. The van der Waals surface area contributed by atoms with Gasteiger partial charge in [-0.05, 0) is 18.2 Å². The van der Waals surface area contributed by atoms with Crippen LogP contribution in [0.1, 0.15) is 16.7 Å². The summed E-state index contributed by atoms with van der Waals surface area (Å²) < 4.78 is 36.8. The Bertz CT molecular complexity index is 449. The molecule has 0 radical (unpaired) electrons. The molecule has 0 saturated heterocycles. The van der Waals surface area contributed by atoms with Crippen molar-refractivity contribution in [2.75, 3.05) is 0 Å². The second-order valence-electron chi connectivity index (χ2n) is 2.80. The van der Waals surface area contributed by atoms with Gasteiger partial charge < -0.3 is 4.85 Å². The van der Waals surface area contributed by atoms with Gasteiger partial charge >= 0.3 is 6.18 Å². The lowest BCUT2D eigenvalue weighted by molar-refractivity contribution is -0.137. The summed E-state index contributed by atoms with van der Waals surface area (Å²) >= 11 is 0. The number of hydrogen-bond donors (Lipinski definition) is 0. The maximum absolute atomic E-state index is 12.3. The quantitative estimate of drug-likeness (QED) is 0.655. The molecular formula is C10H5F3N2. The molecule has 15 heavy (non-hydrogen) atoms. The first-order chi connectivity index (χ1) is 6.99. The number of nitriles is 1. The van der Waals surface area contributed by atoms with Gasteiger partial charge in [0.05, 0.1) is 17.2 Å². The second kappa shape index (κ2) is 4.02. The average Bonchev–Trinajstić information content (AvgIpc) is 2.17. The van der Waals surface area contributed by atoms with E-state index in [2.05, 4.69) is 4.85 Å². The van der Waals surface area contributed by atoms with E-state index < -0.39 is 11.7 Å². The molecule has 0 aliphatic rings. The minimum absolute atomic E-state index is 0.0823. The molecule has 0 heterocycles. The fourth-order valence-corrected chi connectivity index (χ4v) is 1.08. The summed E-state index contributed by atoms with van der Waals surface area (Å²) in [5.41, 5.74) is -0.644. The average molecular weight is 210 g/mol. The molecule has 0 bridgehead atoms. The summed E-state index contributed by atoms with van der Waals surface area (Å²) in [6.07, 6.45) is -4.46. The van der Waals surface area contributed by atoms with E-state index >= 15 is 0 Å². The first kappa shape index (κ1) is 11.1. The van der Waals surface area contributed by atoms with Gasteiger partial charge in [0, 0.05) is 5.56 Å². The van der Waals surface area contributed by atoms with Crippen molar-refractivity contribution < 1.29 is 13.2 Å². The topological polar surface area (TPSA) is 28.1 Å². The number of rotatable bonds is 1. The van der Waals surface area contributed by atoms with E-state index in [9.17, 15) is 13.2 Å². The normalized spacial score (nSPS) is 10.5. The second-order valence-corrected chi connectivity index (χ2v) is 2.80. The number of hydrogen-bond acceptors (Lipinski definition) is 1. The zero-order valence-electron chi connectivity index (χ0n) is 7.47. The van der Waals surface area contributed by atoms with E-state index in [1.54, 1.807) is 6.07 Å². The molecule has 76 valence electrons. The van der Waals surface area contributed by atoms with Gasteiger partial charge in [0.2, 0.25) is 6.54 Å². The number of halogens is 3. The van der Waals surface area contributed by atoms with Crippen LogP contribution in [0.2, 0.25) is 0 Å². The molecule has 1 rings (SSSR count). The van der Waals surface area contributed by atoms with Crippen LogP contribution in [0.4, 0.5) is 13.2 Å². The van der Waals surface area contributed by atoms with Crippen LogP contribution in [-0.4, -0.2) is 0 Å². The molecule has 0 fully saturated rings. The lowest BCUT2D eigenvalue weighted by atomic mass is 10.0. The van der Waals surface area contributed by atoms with Gasteiger partial charge in [0.15, 0.2) is 0 Å². The van der Waals surface area contributed by atoms with E-state index in [1.165, 1.54) is 6.07 Å². The molecule has 0 amide bonds. The van der Waals surface area contributed by atoms with Gasteiger partial charge in [-0.25, -0.2) is 6.57 Å². The minimum Gasteiger partial charge on any atom is -0.312 e. The highest BCUT2D eigenvalue weighted by Gasteiger charge is 2.31. The molecule has 0 aliphatic heterocycles. The Morgan fingerprint density at radius 2 is 2.07 bits per heavy atom. The molecular weight excluding hydrogens is 205 g/mol. The molecule has 0 N–H and O–H groups in total. The third kappa shape index (κ3) is 2.47. The van der Waals surface area contributed by atoms with Crippen LogP contribution in [-0.2, 0) is 12.7 Å². The summed E-state index contributed by atoms with van der Waals surface area (Å²) in [5, 5.41) is 8.61. The molecule has 0 spiro atoms. The monoisotopic (exact) mass is 210 g/mol. The molecule has 0 unspecified atom stereocenters. The third-order valence-electron chi connectivity index (χ3n) is 1.81. The summed E-state index contributed by atoms with van der Waals surface area (Å²) in [5.74, 6) is 0. The van der Waals surface area contributed by atoms with Crippen LogP contribution in [0.5, 0.6) is 0 Å². The van der Waals surface area contributed by atoms with Crippen molar-refractivity contribution >= 4 is 0 Å².